The van der Waals surface area contributed by atoms with Crippen molar-refractivity contribution in [2.75, 3.05) is 44.8 Å². The fraction of sp³-hybridized carbons (Fsp3) is 0.421. The molecule has 0 saturated carbocycles. The number of nitrogens with zero attached hydrogens (tertiary/aromatic N) is 3. The Morgan fingerprint density at radius 3 is 2.59 bits per heavy atom. The molecular weight excluding hydrogens is 348 g/mol. The molecule has 2 fully saturated rings. The van der Waals surface area contributed by atoms with Gasteiger partial charge in [0.25, 0.3) is 5.91 Å². The van der Waals surface area contributed by atoms with E-state index < -0.39 is 6.04 Å². The molecule has 0 radical (unpaired) electrons. The molecule has 1 atom stereocenters. The summed E-state index contributed by atoms with van der Waals surface area (Å²) < 4.78 is 11.0. The van der Waals surface area contributed by atoms with E-state index in [2.05, 4.69) is 10.5 Å². The third kappa shape index (κ3) is 3.40. The van der Waals surface area contributed by atoms with Crippen molar-refractivity contribution in [2.45, 2.75) is 12.5 Å². The monoisotopic (exact) mass is 370 g/mol. The highest BCUT2D eigenvalue weighted by Crippen LogP contribution is 2.32. The van der Waals surface area contributed by atoms with Crippen LogP contribution >= 0.6 is 0 Å². The van der Waals surface area contributed by atoms with E-state index >= 15 is 0 Å². The van der Waals surface area contributed by atoms with Gasteiger partial charge in [0.1, 0.15) is 11.6 Å². The van der Waals surface area contributed by atoms with Crippen molar-refractivity contribution in [2.24, 2.45) is 0 Å². The zero-order valence-electron chi connectivity index (χ0n) is 15.2. The standard InChI is InChI=1S/C19H22N4O4/c1-22-8-7-14(19(22)25)20-18(24)15-16(13-5-3-2-4-6-13)27-21-17(15)23-9-11-26-12-10-23/h2-6,14H,7-12H2,1H3,(H,20,24). The largest absolute Gasteiger partial charge is 0.378 e. The molecule has 8 nitrogen and oxygen atoms in total. The normalized spacial score (nSPS) is 20.2. The summed E-state index contributed by atoms with van der Waals surface area (Å²) in [5.41, 5.74) is 1.13. The third-order valence-electron chi connectivity index (χ3n) is 4.98. The molecule has 142 valence electrons. The summed E-state index contributed by atoms with van der Waals surface area (Å²) in [4.78, 5) is 28.9. The van der Waals surface area contributed by atoms with Crippen molar-refractivity contribution in [3.63, 3.8) is 0 Å². The zero-order valence-corrected chi connectivity index (χ0v) is 15.2. The lowest BCUT2D eigenvalue weighted by atomic mass is 10.1. The van der Waals surface area contributed by atoms with Gasteiger partial charge in [-0.25, -0.2) is 0 Å². The van der Waals surface area contributed by atoms with Crippen molar-refractivity contribution in [1.82, 2.24) is 15.4 Å². The van der Waals surface area contributed by atoms with Crippen LogP contribution in [0.1, 0.15) is 16.8 Å². The summed E-state index contributed by atoms with van der Waals surface area (Å²) >= 11 is 0. The average Bonchev–Trinajstić information content (AvgIpc) is 3.29. The molecule has 8 heteroatoms. The number of hydrogen-bond acceptors (Lipinski definition) is 6. The van der Waals surface area contributed by atoms with Gasteiger partial charge < -0.3 is 24.4 Å². The van der Waals surface area contributed by atoms with Crippen LogP contribution in [0.25, 0.3) is 11.3 Å². The highest BCUT2D eigenvalue weighted by Gasteiger charge is 2.34. The highest BCUT2D eigenvalue weighted by atomic mass is 16.5. The van der Waals surface area contributed by atoms with E-state index in [-0.39, 0.29) is 11.8 Å². The van der Waals surface area contributed by atoms with Crippen LogP contribution in [0, 0.1) is 0 Å². The zero-order chi connectivity index (χ0) is 18.8. The number of carbonyl (C=O) groups excluding carboxylic acids is 2. The van der Waals surface area contributed by atoms with Gasteiger partial charge in [-0.3, -0.25) is 9.59 Å². The predicted octanol–water partition coefficient (Wildman–Crippen LogP) is 1.14. The van der Waals surface area contributed by atoms with Gasteiger partial charge in [-0.1, -0.05) is 35.5 Å². The molecule has 0 bridgehead atoms. The second-order valence-corrected chi connectivity index (χ2v) is 6.75. The van der Waals surface area contributed by atoms with Crippen LogP contribution in [0.4, 0.5) is 5.82 Å². The Kier molecular flexibility index (Phi) is 4.81. The Labute approximate surface area is 157 Å². The van der Waals surface area contributed by atoms with E-state index in [1.807, 2.05) is 35.2 Å². The van der Waals surface area contributed by atoms with E-state index in [0.29, 0.717) is 56.4 Å². The van der Waals surface area contributed by atoms with Crippen LogP contribution in [0.2, 0.25) is 0 Å². The molecule has 1 N–H and O–H groups in total. The fourth-order valence-corrected chi connectivity index (χ4v) is 3.45. The third-order valence-corrected chi connectivity index (χ3v) is 4.98. The van der Waals surface area contributed by atoms with Gasteiger partial charge >= 0.3 is 0 Å². The first-order valence-electron chi connectivity index (χ1n) is 9.09. The molecule has 2 aliphatic heterocycles. The molecule has 0 spiro atoms. The average molecular weight is 370 g/mol. The maximum Gasteiger partial charge on any atom is 0.259 e. The minimum Gasteiger partial charge on any atom is -0.378 e. The quantitative estimate of drug-likeness (QED) is 0.868. The number of aromatic nitrogens is 1. The Balaban J connectivity index is 1.68. The summed E-state index contributed by atoms with van der Waals surface area (Å²) in [6, 6.07) is 8.88. The first kappa shape index (κ1) is 17.5. The molecule has 1 aromatic heterocycles. The van der Waals surface area contributed by atoms with E-state index in [0.717, 1.165) is 5.56 Å². The van der Waals surface area contributed by atoms with Crippen molar-refractivity contribution in [1.29, 1.82) is 0 Å². The van der Waals surface area contributed by atoms with Gasteiger partial charge in [0, 0.05) is 32.2 Å². The predicted molar refractivity (Wildman–Crippen MR) is 98.5 cm³/mol. The van der Waals surface area contributed by atoms with Gasteiger partial charge in [-0.15, -0.1) is 0 Å². The number of anilines is 1. The topological polar surface area (TPSA) is 87.9 Å². The first-order chi connectivity index (χ1) is 13.1. The lowest BCUT2D eigenvalue weighted by Crippen LogP contribution is -2.42. The second kappa shape index (κ2) is 7.40. The molecule has 2 amide bonds. The minimum atomic E-state index is -0.515. The van der Waals surface area contributed by atoms with Crippen LogP contribution in [-0.2, 0) is 9.53 Å². The van der Waals surface area contributed by atoms with Gasteiger partial charge in [0.05, 0.1) is 13.2 Å². The smallest absolute Gasteiger partial charge is 0.259 e. The highest BCUT2D eigenvalue weighted by molar-refractivity contribution is 6.06. The summed E-state index contributed by atoms with van der Waals surface area (Å²) in [5.74, 6) is 0.487. The van der Waals surface area contributed by atoms with Crippen molar-refractivity contribution in [3.05, 3.63) is 35.9 Å². The fourth-order valence-electron chi connectivity index (χ4n) is 3.45. The SMILES string of the molecule is CN1CCC(NC(=O)c2c(N3CCOCC3)noc2-c2ccccc2)C1=O. The molecule has 2 saturated heterocycles. The van der Waals surface area contributed by atoms with Crippen molar-refractivity contribution >= 4 is 17.6 Å². The number of amides is 2. The Morgan fingerprint density at radius 2 is 1.93 bits per heavy atom. The summed E-state index contributed by atoms with van der Waals surface area (Å²) in [5, 5.41) is 7.05. The number of benzene rings is 1. The molecule has 0 aliphatic carbocycles. The number of likely N-dealkylation sites (tertiary alicyclic amines) is 1. The van der Waals surface area contributed by atoms with E-state index in [1.165, 1.54) is 0 Å². The minimum absolute atomic E-state index is 0.0750. The Bertz CT molecular complexity index is 829. The van der Waals surface area contributed by atoms with Crippen LogP contribution in [0.5, 0.6) is 0 Å². The Hall–Kier alpha value is -2.87. The molecule has 2 aromatic rings. The maximum atomic E-state index is 13.1. The summed E-state index contributed by atoms with van der Waals surface area (Å²) in [7, 11) is 1.74. The van der Waals surface area contributed by atoms with Crippen LogP contribution in [0.15, 0.2) is 34.9 Å². The molecule has 27 heavy (non-hydrogen) atoms. The molecule has 3 heterocycles. The molecule has 1 aromatic carbocycles. The number of ether oxygens (including phenoxy) is 1. The van der Waals surface area contributed by atoms with E-state index in [1.54, 1.807) is 11.9 Å². The van der Waals surface area contributed by atoms with Gasteiger partial charge in [-0.2, -0.15) is 0 Å². The van der Waals surface area contributed by atoms with Crippen molar-refractivity contribution < 1.29 is 18.8 Å². The Morgan fingerprint density at radius 1 is 1.19 bits per heavy atom. The van der Waals surface area contributed by atoms with Gasteiger partial charge in [-0.05, 0) is 6.42 Å². The van der Waals surface area contributed by atoms with E-state index in [4.69, 9.17) is 9.26 Å². The lowest BCUT2D eigenvalue weighted by Gasteiger charge is -2.27. The summed E-state index contributed by atoms with van der Waals surface area (Å²) in [6.07, 6.45) is 0.597. The number of nitrogens with one attached hydrogen (secondary N) is 1. The lowest BCUT2D eigenvalue weighted by molar-refractivity contribution is -0.128. The van der Waals surface area contributed by atoms with Crippen LogP contribution < -0.4 is 10.2 Å². The number of rotatable bonds is 4. The molecule has 1 unspecified atom stereocenters. The van der Waals surface area contributed by atoms with Crippen LogP contribution in [-0.4, -0.2) is 67.8 Å². The second-order valence-electron chi connectivity index (χ2n) is 6.75. The maximum absolute atomic E-state index is 13.1. The van der Waals surface area contributed by atoms with Gasteiger partial charge in [0.15, 0.2) is 11.6 Å². The molecule has 2 aliphatic rings. The van der Waals surface area contributed by atoms with E-state index in [9.17, 15) is 9.59 Å². The van der Waals surface area contributed by atoms with Crippen molar-refractivity contribution in [3.8, 4) is 11.3 Å². The number of likely N-dealkylation sites (N-methyl/N-ethyl adjacent to an activating group) is 1. The first-order valence-corrected chi connectivity index (χ1v) is 9.09. The molecule has 4 rings (SSSR count). The molecular formula is C19H22N4O4. The van der Waals surface area contributed by atoms with Crippen LogP contribution in [0.3, 0.4) is 0 Å². The summed E-state index contributed by atoms with van der Waals surface area (Å²) in [6.45, 7) is 3.04. The van der Waals surface area contributed by atoms with Gasteiger partial charge in [0.2, 0.25) is 5.91 Å². The number of hydrogen-bond donors (Lipinski definition) is 1. The number of morpholine rings is 1. The number of carbonyl (C=O) groups is 2.